The molecule has 0 aromatic carbocycles. The molecule has 0 bridgehead atoms. The van der Waals surface area contributed by atoms with E-state index in [2.05, 4.69) is 31.2 Å². The molecule has 11 nitrogen and oxygen atoms in total. The van der Waals surface area contributed by atoms with Crippen molar-refractivity contribution in [2.45, 2.75) is 50.7 Å². The van der Waals surface area contributed by atoms with Gasteiger partial charge in [-0.05, 0) is 5.92 Å². The van der Waals surface area contributed by atoms with Crippen molar-refractivity contribution in [1.29, 1.82) is 0 Å². The lowest BCUT2D eigenvalue weighted by Gasteiger charge is -2.22. The number of fused-ring (bicyclic) bond motifs is 1. The number of nitrogens with zero attached hydrogens (tertiary/aromatic N) is 4. The second-order valence-electron chi connectivity index (χ2n) is 6.96. The predicted octanol–water partition coefficient (Wildman–Crippen LogP) is -0.142. The van der Waals surface area contributed by atoms with Crippen LogP contribution in [0.2, 0.25) is 0 Å². The van der Waals surface area contributed by atoms with Crippen molar-refractivity contribution in [2.75, 3.05) is 25.6 Å². The first-order valence-corrected chi connectivity index (χ1v) is 9.68. The van der Waals surface area contributed by atoms with Gasteiger partial charge in [-0.1, -0.05) is 12.8 Å². The van der Waals surface area contributed by atoms with Crippen molar-refractivity contribution in [3.63, 3.8) is 0 Å². The number of carboxylic acids is 1. The molecule has 0 aliphatic carbocycles. The Hall–Kier alpha value is -2.78. The number of anilines is 1. The molecule has 11 heteroatoms. The summed E-state index contributed by atoms with van der Waals surface area (Å²) in [5.41, 5.74) is 6.57. The summed E-state index contributed by atoms with van der Waals surface area (Å²) in [7, 11) is 0. The Labute approximate surface area is 173 Å². The smallest absolute Gasteiger partial charge is 0.303 e. The van der Waals surface area contributed by atoms with Crippen molar-refractivity contribution in [3.8, 4) is 11.8 Å². The summed E-state index contributed by atoms with van der Waals surface area (Å²) in [6.45, 7) is 2.87. The van der Waals surface area contributed by atoms with E-state index in [0.717, 1.165) is 0 Å². The molecule has 4 atom stereocenters. The third-order valence-corrected chi connectivity index (χ3v) is 4.80. The lowest BCUT2D eigenvalue weighted by Crippen LogP contribution is -2.37. The standard InChI is InChI=1S/C19H25N5O6/c1-2-3-4-7-30(8-5-6-13(25)26)9-12-15(27)16(28)19(29-12)24-11-23-14-17(20)21-10-22-18(14)24/h10-12,15-16,19,27-28H,2,5-9H2,1H3,(H2-,20,21,22,25,26)/p+1. The van der Waals surface area contributed by atoms with Gasteiger partial charge in [0.1, 0.15) is 30.7 Å². The number of imidazole rings is 1. The molecular weight excluding hydrogens is 394 g/mol. The second-order valence-corrected chi connectivity index (χ2v) is 6.96. The van der Waals surface area contributed by atoms with Crippen LogP contribution in [0.5, 0.6) is 0 Å². The number of hydrogen-bond donors (Lipinski definition) is 4. The summed E-state index contributed by atoms with van der Waals surface area (Å²) >= 11 is 0. The molecule has 0 radical (unpaired) electrons. The summed E-state index contributed by atoms with van der Waals surface area (Å²) in [4.78, 5) is 23.0. The molecule has 3 heterocycles. The number of rotatable bonds is 8. The second kappa shape index (κ2) is 9.82. The summed E-state index contributed by atoms with van der Waals surface area (Å²) in [6, 6.07) is 0. The number of aromatic nitrogens is 4. The number of aliphatic hydroxyl groups excluding tert-OH is 2. The lowest BCUT2D eigenvalue weighted by molar-refractivity contribution is -0.176. The molecule has 5 N–H and O–H groups in total. The van der Waals surface area contributed by atoms with E-state index in [9.17, 15) is 15.0 Å². The molecule has 1 aliphatic heterocycles. The van der Waals surface area contributed by atoms with Crippen LogP contribution < -0.4 is 5.73 Å². The Bertz CT molecular complexity index is 938. The van der Waals surface area contributed by atoms with Gasteiger partial charge in [-0.25, -0.2) is 15.0 Å². The molecule has 2 aromatic heterocycles. The van der Waals surface area contributed by atoms with E-state index in [-0.39, 0.29) is 18.8 Å². The molecule has 1 fully saturated rings. The van der Waals surface area contributed by atoms with Crippen LogP contribution >= 0.6 is 0 Å². The minimum Gasteiger partial charge on any atom is -0.481 e. The van der Waals surface area contributed by atoms with Gasteiger partial charge in [-0.3, -0.25) is 9.36 Å². The van der Waals surface area contributed by atoms with Gasteiger partial charge in [0.2, 0.25) is 6.61 Å². The number of carbonyl (C=O) groups is 1. The van der Waals surface area contributed by atoms with Crippen LogP contribution in [0.4, 0.5) is 5.82 Å². The summed E-state index contributed by atoms with van der Waals surface area (Å²) in [5.74, 6) is 5.28. The van der Waals surface area contributed by atoms with Gasteiger partial charge in [0, 0.05) is 12.8 Å². The van der Waals surface area contributed by atoms with Gasteiger partial charge < -0.3 is 30.2 Å². The Balaban J connectivity index is 1.73. The molecular formula is C19H26N5O6+. The zero-order valence-electron chi connectivity index (χ0n) is 16.6. The highest BCUT2D eigenvalue weighted by Crippen LogP contribution is 2.32. The molecule has 1 saturated heterocycles. The third kappa shape index (κ3) is 4.85. The van der Waals surface area contributed by atoms with Crippen LogP contribution in [-0.4, -0.2) is 78.9 Å². The first kappa shape index (κ1) is 21.9. The SMILES string of the molecule is CCC#CC[O+](CCCC(=O)O)CC1OC(n2cnc3c(N)ncnc32)C(O)C1O. The average Bonchev–Trinajstić information content (AvgIpc) is 3.25. The molecule has 3 rings (SSSR count). The number of ether oxygens (including phenoxy) is 1. The van der Waals surface area contributed by atoms with Crippen molar-refractivity contribution in [1.82, 2.24) is 19.5 Å². The number of aliphatic carboxylic acids is 1. The molecule has 0 amide bonds. The predicted molar refractivity (Wildman–Crippen MR) is 106 cm³/mol. The maximum Gasteiger partial charge on any atom is 0.303 e. The first-order chi connectivity index (χ1) is 14.4. The Morgan fingerprint density at radius 1 is 1.30 bits per heavy atom. The zero-order chi connectivity index (χ0) is 21.7. The Kier molecular flexibility index (Phi) is 7.17. The molecule has 0 saturated carbocycles. The highest BCUT2D eigenvalue weighted by Gasteiger charge is 2.46. The van der Waals surface area contributed by atoms with Gasteiger partial charge in [-0.2, -0.15) is 0 Å². The minimum atomic E-state index is -1.22. The third-order valence-electron chi connectivity index (χ3n) is 4.80. The van der Waals surface area contributed by atoms with Crippen LogP contribution in [0, 0.1) is 11.8 Å². The monoisotopic (exact) mass is 420 g/mol. The minimum absolute atomic E-state index is 0.0200. The van der Waals surface area contributed by atoms with Crippen LogP contribution in [0.1, 0.15) is 32.4 Å². The van der Waals surface area contributed by atoms with E-state index in [0.29, 0.717) is 37.2 Å². The number of aliphatic hydroxyl groups is 2. The topological polar surface area (TPSA) is 159 Å². The largest absolute Gasteiger partial charge is 0.481 e. The highest BCUT2D eigenvalue weighted by atomic mass is 16.7. The Morgan fingerprint density at radius 3 is 2.83 bits per heavy atom. The van der Waals surface area contributed by atoms with E-state index < -0.39 is 30.5 Å². The molecule has 30 heavy (non-hydrogen) atoms. The normalized spacial score (nSPS) is 23.6. The molecule has 4 unspecified atom stereocenters. The molecule has 1 aliphatic rings. The van der Waals surface area contributed by atoms with Gasteiger partial charge >= 0.3 is 5.97 Å². The fourth-order valence-electron chi connectivity index (χ4n) is 3.31. The van der Waals surface area contributed by atoms with Crippen molar-refractivity contribution in [2.24, 2.45) is 0 Å². The van der Waals surface area contributed by atoms with E-state index in [1.54, 1.807) is 0 Å². The molecule has 162 valence electrons. The van der Waals surface area contributed by atoms with E-state index in [1.807, 2.05) is 6.92 Å². The lowest BCUT2D eigenvalue weighted by atomic mass is 10.1. The van der Waals surface area contributed by atoms with E-state index in [4.69, 9.17) is 15.6 Å². The maximum absolute atomic E-state index is 10.8. The van der Waals surface area contributed by atoms with Crippen LogP contribution in [0.15, 0.2) is 12.7 Å². The number of nitrogen functional groups attached to an aromatic ring is 1. The van der Waals surface area contributed by atoms with Crippen molar-refractivity contribution < 1.29 is 29.2 Å². The number of carboxylic acid groups (broad SMARTS) is 1. The first-order valence-electron chi connectivity index (χ1n) is 9.68. The quantitative estimate of drug-likeness (QED) is 0.337. The van der Waals surface area contributed by atoms with Crippen molar-refractivity contribution in [3.05, 3.63) is 12.7 Å². The number of hydrogen-bond acceptors (Lipinski definition) is 8. The van der Waals surface area contributed by atoms with Gasteiger partial charge in [-0.15, -0.1) is 0 Å². The summed E-state index contributed by atoms with van der Waals surface area (Å²) < 4.78 is 10.3. The van der Waals surface area contributed by atoms with E-state index >= 15 is 0 Å². The van der Waals surface area contributed by atoms with Crippen LogP contribution in [0.3, 0.4) is 0 Å². The van der Waals surface area contributed by atoms with E-state index in [1.165, 1.54) is 17.2 Å². The summed E-state index contributed by atoms with van der Waals surface area (Å²) in [6.07, 6.45) is -0.178. The summed E-state index contributed by atoms with van der Waals surface area (Å²) in [5, 5.41) is 30.0. The van der Waals surface area contributed by atoms with Crippen LogP contribution in [-0.2, 0) is 13.9 Å². The fraction of sp³-hybridized carbons (Fsp3) is 0.579. The fourth-order valence-corrected chi connectivity index (χ4v) is 3.31. The van der Waals surface area contributed by atoms with Crippen LogP contribution in [0.25, 0.3) is 11.2 Å². The molecule has 2 aromatic rings. The van der Waals surface area contributed by atoms with Gasteiger partial charge in [0.05, 0.1) is 12.7 Å². The Morgan fingerprint density at radius 2 is 2.10 bits per heavy atom. The highest BCUT2D eigenvalue weighted by molar-refractivity contribution is 5.81. The zero-order valence-corrected chi connectivity index (χ0v) is 16.6. The molecule has 0 spiro atoms. The number of nitrogens with two attached hydrogens (primary N) is 1. The van der Waals surface area contributed by atoms with Gasteiger partial charge in [0.15, 0.2) is 30.4 Å². The van der Waals surface area contributed by atoms with Gasteiger partial charge in [0.25, 0.3) is 0 Å². The maximum atomic E-state index is 10.8. The average molecular weight is 420 g/mol. The van der Waals surface area contributed by atoms with Crippen molar-refractivity contribution >= 4 is 23.0 Å².